The Morgan fingerprint density at radius 3 is 2.35 bits per heavy atom. The highest BCUT2D eigenvalue weighted by Crippen LogP contribution is 2.24. The summed E-state index contributed by atoms with van der Waals surface area (Å²) in [5, 5.41) is 0. The topological polar surface area (TPSA) is 58.8 Å². The van der Waals surface area contributed by atoms with Crippen molar-refractivity contribution in [1.29, 1.82) is 0 Å². The molecule has 1 fully saturated rings. The summed E-state index contributed by atoms with van der Waals surface area (Å²) in [6, 6.07) is 8.58. The third-order valence-electron chi connectivity index (χ3n) is 4.18. The lowest BCUT2D eigenvalue weighted by Gasteiger charge is -2.39. The second-order valence-electron chi connectivity index (χ2n) is 7.11. The van der Waals surface area contributed by atoms with Crippen molar-refractivity contribution < 1.29 is 9.53 Å². The second-order valence-corrected chi connectivity index (χ2v) is 7.11. The number of benzene rings is 1. The summed E-state index contributed by atoms with van der Waals surface area (Å²) in [5.41, 5.74) is 8.13. The van der Waals surface area contributed by atoms with Crippen LogP contribution in [0.4, 0.5) is 4.79 Å². The van der Waals surface area contributed by atoms with Crippen LogP contribution in [0.5, 0.6) is 0 Å². The zero-order valence-electron chi connectivity index (χ0n) is 14.7. The van der Waals surface area contributed by atoms with Crippen LogP contribution in [0.2, 0.25) is 0 Å². The van der Waals surface area contributed by atoms with Gasteiger partial charge in [0, 0.05) is 38.8 Å². The van der Waals surface area contributed by atoms with E-state index in [0.717, 1.165) is 13.1 Å². The van der Waals surface area contributed by atoms with E-state index in [1.54, 1.807) is 4.90 Å². The first-order valence-corrected chi connectivity index (χ1v) is 8.29. The van der Waals surface area contributed by atoms with Crippen LogP contribution in [-0.2, 0) is 4.74 Å². The number of hydrogen-bond acceptors (Lipinski definition) is 4. The van der Waals surface area contributed by atoms with E-state index in [2.05, 4.69) is 30.0 Å². The zero-order chi connectivity index (χ0) is 17.0. The maximum Gasteiger partial charge on any atom is 0.410 e. The van der Waals surface area contributed by atoms with Crippen LogP contribution in [0.25, 0.3) is 0 Å². The molecule has 128 valence electrons. The molecule has 0 saturated carbocycles. The molecule has 0 spiro atoms. The van der Waals surface area contributed by atoms with Gasteiger partial charge in [0.25, 0.3) is 0 Å². The van der Waals surface area contributed by atoms with Crippen LogP contribution in [0.1, 0.15) is 37.9 Å². The third-order valence-corrected chi connectivity index (χ3v) is 4.18. The maximum absolute atomic E-state index is 12.1. The minimum Gasteiger partial charge on any atom is -0.444 e. The van der Waals surface area contributed by atoms with E-state index < -0.39 is 5.60 Å². The smallest absolute Gasteiger partial charge is 0.410 e. The fourth-order valence-corrected chi connectivity index (χ4v) is 2.98. The van der Waals surface area contributed by atoms with E-state index in [1.165, 1.54) is 11.1 Å². The molecule has 1 aromatic carbocycles. The minimum absolute atomic E-state index is 0.206. The Hall–Kier alpha value is -1.59. The Kier molecular flexibility index (Phi) is 5.65. The molecule has 5 nitrogen and oxygen atoms in total. The highest BCUT2D eigenvalue weighted by atomic mass is 16.6. The number of piperazine rings is 1. The van der Waals surface area contributed by atoms with Crippen LogP contribution in [0.15, 0.2) is 24.3 Å². The molecule has 1 amide bonds. The highest BCUT2D eigenvalue weighted by molar-refractivity contribution is 5.68. The van der Waals surface area contributed by atoms with Crippen molar-refractivity contribution >= 4 is 6.09 Å². The number of ether oxygens (including phenoxy) is 1. The van der Waals surface area contributed by atoms with E-state index in [9.17, 15) is 4.79 Å². The predicted octanol–water partition coefficient (Wildman–Crippen LogP) is 2.55. The van der Waals surface area contributed by atoms with Gasteiger partial charge in [-0.15, -0.1) is 0 Å². The molecule has 1 heterocycles. The first-order valence-electron chi connectivity index (χ1n) is 8.29. The lowest BCUT2D eigenvalue weighted by Crippen LogP contribution is -2.51. The van der Waals surface area contributed by atoms with Crippen molar-refractivity contribution in [2.75, 3.05) is 32.7 Å². The second kappa shape index (κ2) is 7.32. The molecule has 0 bridgehead atoms. The molecule has 2 N–H and O–H groups in total. The average molecular weight is 319 g/mol. The fourth-order valence-electron chi connectivity index (χ4n) is 2.98. The molecule has 1 atom stereocenters. The van der Waals surface area contributed by atoms with Gasteiger partial charge in [-0.3, -0.25) is 4.90 Å². The Balaban J connectivity index is 1.98. The number of nitrogens with two attached hydrogens (primary N) is 1. The predicted molar refractivity (Wildman–Crippen MR) is 92.4 cm³/mol. The van der Waals surface area contributed by atoms with Crippen molar-refractivity contribution in [3.8, 4) is 0 Å². The number of hydrogen-bond donors (Lipinski definition) is 1. The van der Waals surface area contributed by atoms with Gasteiger partial charge in [0.1, 0.15) is 5.60 Å². The summed E-state index contributed by atoms with van der Waals surface area (Å²) in [4.78, 5) is 16.3. The number of carbonyl (C=O) groups excluding carboxylic acids is 1. The summed E-state index contributed by atoms with van der Waals surface area (Å²) in [6.07, 6.45) is -0.225. The SMILES string of the molecule is Cc1ccccc1C(CN)N1CCN(C(=O)OC(C)(C)C)CC1. The molecule has 1 aromatic rings. The monoisotopic (exact) mass is 319 g/mol. The van der Waals surface area contributed by atoms with Gasteiger partial charge in [-0.2, -0.15) is 0 Å². The van der Waals surface area contributed by atoms with Gasteiger partial charge in [0.15, 0.2) is 0 Å². The molecule has 5 heteroatoms. The van der Waals surface area contributed by atoms with Gasteiger partial charge in [-0.05, 0) is 38.8 Å². The van der Waals surface area contributed by atoms with Crippen LogP contribution >= 0.6 is 0 Å². The van der Waals surface area contributed by atoms with Crippen molar-refractivity contribution in [2.45, 2.75) is 39.3 Å². The van der Waals surface area contributed by atoms with Crippen molar-refractivity contribution in [3.63, 3.8) is 0 Å². The van der Waals surface area contributed by atoms with E-state index in [1.807, 2.05) is 26.8 Å². The summed E-state index contributed by atoms with van der Waals surface area (Å²) in [6.45, 7) is 11.4. The van der Waals surface area contributed by atoms with E-state index in [4.69, 9.17) is 10.5 Å². The molecule has 0 aromatic heterocycles. The summed E-state index contributed by atoms with van der Waals surface area (Å²) in [7, 11) is 0. The van der Waals surface area contributed by atoms with Crippen LogP contribution < -0.4 is 5.73 Å². The number of amides is 1. The van der Waals surface area contributed by atoms with Gasteiger partial charge in [-0.25, -0.2) is 4.79 Å². The van der Waals surface area contributed by atoms with Crippen LogP contribution in [0.3, 0.4) is 0 Å². The first kappa shape index (κ1) is 17.8. The minimum atomic E-state index is -0.449. The highest BCUT2D eigenvalue weighted by Gasteiger charge is 2.29. The first-order chi connectivity index (χ1) is 10.8. The standard InChI is InChI=1S/C18H29N3O2/c1-14-7-5-6-8-15(14)16(13-19)20-9-11-21(12-10-20)17(22)23-18(2,3)4/h5-8,16H,9-13,19H2,1-4H3. The lowest BCUT2D eigenvalue weighted by atomic mass is 9.99. The largest absolute Gasteiger partial charge is 0.444 e. The number of carbonyl (C=O) groups is 1. The Bertz CT molecular complexity index is 531. The summed E-state index contributed by atoms with van der Waals surface area (Å²) in [5.74, 6) is 0. The number of rotatable bonds is 3. The fraction of sp³-hybridized carbons (Fsp3) is 0.611. The molecule has 2 rings (SSSR count). The lowest BCUT2D eigenvalue weighted by molar-refractivity contribution is 0.0106. The van der Waals surface area contributed by atoms with Crippen molar-refractivity contribution in [1.82, 2.24) is 9.80 Å². The Morgan fingerprint density at radius 1 is 1.22 bits per heavy atom. The van der Waals surface area contributed by atoms with Gasteiger partial charge in [-0.1, -0.05) is 24.3 Å². The van der Waals surface area contributed by atoms with Crippen molar-refractivity contribution in [2.24, 2.45) is 5.73 Å². The molecule has 0 aliphatic carbocycles. The molecule has 1 aliphatic rings. The maximum atomic E-state index is 12.1. The normalized spacial score (nSPS) is 17.9. The zero-order valence-corrected chi connectivity index (χ0v) is 14.7. The molecule has 0 radical (unpaired) electrons. The summed E-state index contributed by atoms with van der Waals surface area (Å²) >= 11 is 0. The molecule has 1 unspecified atom stereocenters. The average Bonchev–Trinajstić information content (AvgIpc) is 2.49. The third kappa shape index (κ3) is 4.69. The quantitative estimate of drug-likeness (QED) is 0.930. The van der Waals surface area contributed by atoms with Crippen molar-refractivity contribution in [3.05, 3.63) is 35.4 Å². The van der Waals surface area contributed by atoms with E-state index in [0.29, 0.717) is 19.6 Å². The number of nitrogens with zero attached hydrogens (tertiary/aromatic N) is 2. The molecule has 23 heavy (non-hydrogen) atoms. The Labute approximate surface area is 139 Å². The molecular formula is C18H29N3O2. The summed E-state index contributed by atoms with van der Waals surface area (Å²) < 4.78 is 5.45. The van der Waals surface area contributed by atoms with Crippen LogP contribution in [0, 0.1) is 6.92 Å². The van der Waals surface area contributed by atoms with Gasteiger partial charge in [0.05, 0.1) is 0 Å². The van der Waals surface area contributed by atoms with Gasteiger partial charge in [0.2, 0.25) is 0 Å². The molecule has 1 saturated heterocycles. The number of aryl methyl sites for hydroxylation is 1. The van der Waals surface area contributed by atoms with E-state index >= 15 is 0 Å². The molecule has 1 aliphatic heterocycles. The molecular weight excluding hydrogens is 290 g/mol. The van der Waals surface area contributed by atoms with Gasteiger partial charge >= 0.3 is 6.09 Å². The Morgan fingerprint density at radius 2 is 1.83 bits per heavy atom. The van der Waals surface area contributed by atoms with Gasteiger partial charge < -0.3 is 15.4 Å². The van der Waals surface area contributed by atoms with Crippen LogP contribution in [-0.4, -0.2) is 54.2 Å². The van der Waals surface area contributed by atoms with E-state index in [-0.39, 0.29) is 12.1 Å².